The summed E-state index contributed by atoms with van der Waals surface area (Å²) in [6, 6.07) is -0.0163. The molecule has 0 saturated carbocycles. The fourth-order valence-corrected chi connectivity index (χ4v) is 3.32. The van der Waals surface area contributed by atoms with E-state index >= 15 is 0 Å². The number of halogens is 1. The van der Waals surface area contributed by atoms with Gasteiger partial charge in [-0.3, -0.25) is 0 Å². The SMILES string of the molecule is COC1CCN(S(=O)(=O)CCl)C(C)C1. The van der Waals surface area contributed by atoms with Crippen LogP contribution in [0, 0.1) is 0 Å². The van der Waals surface area contributed by atoms with Crippen molar-refractivity contribution in [3.63, 3.8) is 0 Å². The Kier molecular flexibility index (Phi) is 4.18. The standard InChI is InChI=1S/C8H16ClNO3S/c1-7-5-8(13-2)3-4-10(7)14(11,12)6-9/h7-8H,3-6H2,1-2H3. The third-order valence-corrected chi connectivity index (χ3v) is 4.96. The number of alkyl halides is 1. The Bertz CT molecular complexity index is 280. The summed E-state index contributed by atoms with van der Waals surface area (Å²) in [5.41, 5.74) is 0. The van der Waals surface area contributed by atoms with Gasteiger partial charge in [-0.2, -0.15) is 4.31 Å². The van der Waals surface area contributed by atoms with Gasteiger partial charge in [0.25, 0.3) is 0 Å². The van der Waals surface area contributed by atoms with Crippen molar-refractivity contribution in [2.24, 2.45) is 0 Å². The van der Waals surface area contributed by atoms with E-state index in [0.717, 1.165) is 12.8 Å². The van der Waals surface area contributed by atoms with E-state index in [-0.39, 0.29) is 17.4 Å². The van der Waals surface area contributed by atoms with Crippen LogP contribution in [0.15, 0.2) is 0 Å². The van der Waals surface area contributed by atoms with Gasteiger partial charge in [0, 0.05) is 19.7 Å². The Labute approximate surface area is 90.2 Å². The molecule has 2 atom stereocenters. The Morgan fingerprint density at radius 1 is 1.57 bits per heavy atom. The number of ether oxygens (including phenoxy) is 1. The summed E-state index contributed by atoms with van der Waals surface area (Å²) in [6.45, 7) is 2.39. The molecule has 0 aromatic carbocycles. The van der Waals surface area contributed by atoms with E-state index in [4.69, 9.17) is 16.3 Å². The molecule has 2 unspecified atom stereocenters. The molecule has 0 radical (unpaired) electrons. The molecular formula is C8H16ClNO3S. The summed E-state index contributed by atoms with van der Waals surface area (Å²) < 4.78 is 29.7. The zero-order valence-electron chi connectivity index (χ0n) is 8.44. The lowest BCUT2D eigenvalue weighted by Crippen LogP contribution is -2.46. The number of methoxy groups -OCH3 is 1. The maximum atomic E-state index is 11.5. The fraction of sp³-hybridized carbons (Fsp3) is 1.00. The molecule has 1 fully saturated rings. The second kappa shape index (κ2) is 4.79. The van der Waals surface area contributed by atoms with Crippen molar-refractivity contribution in [3.05, 3.63) is 0 Å². The fourth-order valence-electron chi connectivity index (χ4n) is 1.80. The van der Waals surface area contributed by atoms with Gasteiger partial charge in [-0.05, 0) is 19.8 Å². The number of hydrogen-bond donors (Lipinski definition) is 0. The quantitative estimate of drug-likeness (QED) is 0.693. The van der Waals surface area contributed by atoms with Crippen LogP contribution in [0.5, 0.6) is 0 Å². The van der Waals surface area contributed by atoms with Crippen LogP contribution in [0.4, 0.5) is 0 Å². The first kappa shape index (κ1) is 12.2. The Morgan fingerprint density at radius 3 is 2.64 bits per heavy atom. The topological polar surface area (TPSA) is 46.6 Å². The molecule has 84 valence electrons. The Morgan fingerprint density at radius 2 is 2.21 bits per heavy atom. The van der Waals surface area contributed by atoms with E-state index in [1.165, 1.54) is 4.31 Å². The summed E-state index contributed by atoms with van der Waals surface area (Å²) in [4.78, 5) is 0. The van der Waals surface area contributed by atoms with Crippen LogP contribution < -0.4 is 0 Å². The summed E-state index contributed by atoms with van der Waals surface area (Å²) >= 11 is 5.40. The van der Waals surface area contributed by atoms with Crippen molar-refractivity contribution in [3.8, 4) is 0 Å². The monoisotopic (exact) mass is 241 g/mol. The van der Waals surface area contributed by atoms with Crippen molar-refractivity contribution in [2.45, 2.75) is 31.9 Å². The minimum atomic E-state index is -3.26. The van der Waals surface area contributed by atoms with Crippen molar-refractivity contribution in [1.82, 2.24) is 4.31 Å². The van der Waals surface area contributed by atoms with E-state index in [0.29, 0.717) is 6.54 Å². The van der Waals surface area contributed by atoms with E-state index in [2.05, 4.69) is 0 Å². The number of rotatable bonds is 3. The van der Waals surface area contributed by atoms with Crippen LogP contribution in [-0.4, -0.2) is 43.7 Å². The molecule has 0 N–H and O–H groups in total. The highest BCUT2D eigenvalue weighted by Gasteiger charge is 2.32. The normalized spacial score (nSPS) is 30.5. The second-order valence-corrected chi connectivity index (χ2v) is 6.07. The second-order valence-electron chi connectivity index (χ2n) is 3.56. The summed E-state index contributed by atoms with van der Waals surface area (Å²) in [5, 5.41) is -0.338. The smallest absolute Gasteiger partial charge is 0.228 e. The first-order valence-corrected chi connectivity index (χ1v) is 6.74. The molecule has 1 aliphatic rings. The zero-order valence-corrected chi connectivity index (χ0v) is 10.0. The maximum absolute atomic E-state index is 11.5. The van der Waals surface area contributed by atoms with Crippen LogP contribution in [0.25, 0.3) is 0 Å². The van der Waals surface area contributed by atoms with Crippen molar-refractivity contribution in [1.29, 1.82) is 0 Å². The van der Waals surface area contributed by atoms with Crippen LogP contribution in [0.1, 0.15) is 19.8 Å². The van der Waals surface area contributed by atoms with Gasteiger partial charge in [-0.1, -0.05) is 0 Å². The lowest BCUT2D eigenvalue weighted by atomic mass is 10.0. The summed E-state index contributed by atoms with van der Waals surface area (Å²) in [5.74, 6) is 0. The Hall–Kier alpha value is 0.160. The molecule has 1 saturated heterocycles. The van der Waals surface area contributed by atoms with Gasteiger partial charge in [-0.15, -0.1) is 11.6 Å². The minimum absolute atomic E-state index is 0.0163. The third kappa shape index (κ3) is 2.59. The first-order chi connectivity index (χ1) is 6.51. The van der Waals surface area contributed by atoms with E-state index < -0.39 is 10.0 Å². The van der Waals surface area contributed by atoms with E-state index in [1.54, 1.807) is 7.11 Å². The lowest BCUT2D eigenvalue weighted by Gasteiger charge is -2.35. The highest BCUT2D eigenvalue weighted by Crippen LogP contribution is 2.22. The number of piperidine rings is 1. The van der Waals surface area contributed by atoms with Crippen molar-refractivity contribution >= 4 is 21.6 Å². The highest BCUT2D eigenvalue weighted by molar-refractivity contribution is 7.90. The molecule has 0 aromatic heterocycles. The van der Waals surface area contributed by atoms with E-state index in [1.807, 2.05) is 6.92 Å². The number of sulfonamides is 1. The minimum Gasteiger partial charge on any atom is -0.381 e. The zero-order chi connectivity index (χ0) is 10.8. The van der Waals surface area contributed by atoms with Gasteiger partial charge in [0.05, 0.1) is 6.10 Å². The predicted molar refractivity (Wildman–Crippen MR) is 55.8 cm³/mol. The van der Waals surface area contributed by atoms with Gasteiger partial charge in [0.1, 0.15) is 5.21 Å². The molecule has 6 heteroatoms. The largest absolute Gasteiger partial charge is 0.381 e. The average molecular weight is 242 g/mol. The molecular weight excluding hydrogens is 226 g/mol. The molecule has 1 heterocycles. The molecule has 1 rings (SSSR count). The van der Waals surface area contributed by atoms with Crippen LogP contribution in [0.2, 0.25) is 0 Å². The molecule has 0 aliphatic carbocycles. The molecule has 0 aromatic rings. The molecule has 0 bridgehead atoms. The summed E-state index contributed by atoms with van der Waals surface area (Å²) in [7, 11) is -1.60. The number of hydrogen-bond acceptors (Lipinski definition) is 3. The van der Waals surface area contributed by atoms with Gasteiger partial charge in [0.2, 0.25) is 10.0 Å². The van der Waals surface area contributed by atoms with Crippen LogP contribution in [-0.2, 0) is 14.8 Å². The highest BCUT2D eigenvalue weighted by atomic mass is 35.5. The Balaban J connectivity index is 2.67. The van der Waals surface area contributed by atoms with Gasteiger partial charge >= 0.3 is 0 Å². The lowest BCUT2D eigenvalue weighted by molar-refractivity contribution is 0.0424. The van der Waals surface area contributed by atoms with Crippen LogP contribution >= 0.6 is 11.6 Å². The van der Waals surface area contributed by atoms with Crippen LogP contribution in [0.3, 0.4) is 0 Å². The molecule has 1 aliphatic heterocycles. The molecule has 14 heavy (non-hydrogen) atoms. The maximum Gasteiger partial charge on any atom is 0.228 e. The van der Waals surface area contributed by atoms with Gasteiger partial charge in [-0.25, -0.2) is 8.42 Å². The molecule has 0 amide bonds. The number of nitrogens with zero attached hydrogens (tertiary/aromatic N) is 1. The molecule has 0 spiro atoms. The van der Waals surface area contributed by atoms with E-state index in [9.17, 15) is 8.42 Å². The average Bonchev–Trinajstić information content (AvgIpc) is 2.17. The predicted octanol–water partition coefficient (Wildman–Crippen LogP) is 1.01. The van der Waals surface area contributed by atoms with Gasteiger partial charge < -0.3 is 4.74 Å². The summed E-state index contributed by atoms with van der Waals surface area (Å²) in [6.07, 6.45) is 1.66. The first-order valence-electron chi connectivity index (χ1n) is 4.59. The molecule has 4 nitrogen and oxygen atoms in total. The van der Waals surface area contributed by atoms with Crippen molar-refractivity contribution < 1.29 is 13.2 Å². The van der Waals surface area contributed by atoms with Crippen molar-refractivity contribution in [2.75, 3.05) is 18.9 Å². The third-order valence-electron chi connectivity index (χ3n) is 2.60. The van der Waals surface area contributed by atoms with Gasteiger partial charge in [0.15, 0.2) is 0 Å².